The number of amides is 1. The van der Waals surface area contributed by atoms with E-state index in [1.54, 1.807) is 7.11 Å². The summed E-state index contributed by atoms with van der Waals surface area (Å²) in [5.41, 5.74) is 6.55. The van der Waals surface area contributed by atoms with Crippen molar-refractivity contribution >= 4 is 17.3 Å². The van der Waals surface area contributed by atoms with Gasteiger partial charge in [0.1, 0.15) is 6.10 Å². The van der Waals surface area contributed by atoms with Crippen molar-refractivity contribution in [1.82, 2.24) is 15.7 Å². The third-order valence-corrected chi connectivity index (χ3v) is 6.53. The van der Waals surface area contributed by atoms with Crippen molar-refractivity contribution in [3.63, 3.8) is 0 Å². The predicted molar refractivity (Wildman–Crippen MR) is 125 cm³/mol. The average Bonchev–Trinajstić information content (AvgIpc) is 3.73. The molecule has 1 aliphatic heterocycles. The van der Waals surface area contributed by atoms with Gasteiger partial charge in [-0.3, -0.25) is 4.79 Å². The predicted octanol–water partition coefficient (Wildman–Crippen LogP) is 2.25. The number of hydroxylamine groups is 1. The van der Waals surface area contributed by atoms with E-state index in [0.717, 1.165) is 50.1 Å². The molecule has 2 atom stereocenters. The van der Waals surface area contributed by atoms with Crippen LogP contribution in [0.2, 0.25) is 0 Å². The number of hydrogen-bond acceptors (Lipinski definition) is 7. The summed E-state index contributed by atoms with van der Waals surface area (Å²) in [6.07, 6.45) is 4.93. The van der Waals surface area contributed by atoms with Crippen LogP contribution >= 0.6 is 0 Å². The van der Waals surface area contributed by atoms with Crippen LogP contribution in [0.3, 0.4) is 0 Å². The lowest BCUT2D eigenvalue weighted by Crippen LogP contribution is -2.54. The summed E-state index contributed by atoms with van der Waals surface area (Å²) in [6, 6.07) is 6.34. The molecule has 0 aromatic heterocycles. The molecular weight excluding hydrogens is 406 g/mol. The summed E-state index contributed by atoms with van der Waals surface area (Å²) in [7, 11) is 1.62. The average molecular weight is 444 g/mol. The largest absolute Gasteiger partial charge is 0.384 e. The number of nitrogens with zero attached hydrogens (tertiary/aromatic N) is 1. The molecule has 1 heterocycles. The molecule has 176 valence electrons. The lowest BCUT2D eigenvalue weighted by atomic mass is 9.97. The lowest BCUT2D eigenvalue weighted by Gasteiger charge is -2.34. The van der Waals surface area contributed by atoms with E-state index in [4.69, 9.17) is 15.0 Å². The van der Waals surface area contributed by atoms with Crippen molar-refractivity contribution in [1.29, 1.82) is 5.41 Å². The van der Waals surface area contributed by atoms with Crippen molar-refractivity contribution in [3.8, 4) is 0 Å². The number of rotatable bonds is 12. The van der Waals surface area contributed by atoms with Gasteiger partial charge in [-0.15, -0.1) is 0 Å². The van der Waals surface area contributed by atoms with Gasteiger partial charge in [-0.25, -0.2) is 5.48 Å². The number of morpholine rings is 1. The molecule has 0 spiro atoms. The van der Waals surface area contributed by atoms with Gasteiger partial charge < -0.3 is 30.5 Å². The van der Waals surface area contributed by atoms with Crippen LogP contribution in [-0.4, -0.2) is 74.6 Å². The monoisotopic (exact) mass is 443 g/mol. The van der Waals surface area contributed by atoms with E-state index < -0.39 is 6.10 Å². The normalized spacial score (nSPS) is 21.8. The highest BCUT2D eigenvalue weighted by Crippen LogP contribution is 2.41. The van der Waals surface area contributed by atoms with Gasteiger partial charge >= 0.3 is 0 Å². The summed E-state index contributed by atoms with van der Waals surface area (Å²) in [6.45, 7) is 5.40. The Morgan fingerprint density at radius 1 is 1.31 bits per heavy atom. The molecule has 0 radical (unpaired) electrons. The number of carbonyl (C=O) groups excluding carboxylic acids is 1. The minimum atomic E-state index is -0.456. The van der Waals surface area contributed by atoms with Crippen molar-refractivity contribution < 1.29 is 14.4 Å². The number of ether oxygens (including phenoxy) is 1. The third kappa shape index (κ3) is 5.67. The Balaban J connectivity index is 1.50. The summed E-state index contributed by atoms with van der Waals surface area (Å²) in [5.74, 6) is 0.651. The zero-order chi connectivity index (χ0) is 22.5. The van der Waals surface area contributed by atoms with Crippen LogP contribution < -0.4 is 16.1 Å². The molecule has 0 unspecified atom stereocenters. The second-order valence-electron chi connectivity index (χ2n) is 9.09. The number of carbonyl (C=O) groups is 1. The Kier molecular flexibility index (Phi) is 7.78. The highest BCUT2D eigenvalue weighted by molar-refractivity contribution is 6.07. The zero-order valence-corrected chi connectivity index (χ0v) is 19.3. The Labute approximate surface area is 190 Å². The smallest absolute Gasteiger partial charge is 0.253 e. The number of benzene rings is 1. The van der Waals surface area contributed by atoms with Crippen molar-refractivity contribution in [2.24, 2.45) is 0 Å². The lowest BCUT2D eigenvalue weighted by molar-refractivity contribution is -0.146. The molecular formula is C24H37N5O3. The zero-order valence-electron chi connectivity index (χ0n) is 19.3. The van der Waals surface area contributed by atoms with E-state index in [2.05, 4.69) is 34.3 Å². The van der Waals surface area contributed by atoms with Crippen LogP contribution in [0.1, 0.15) is 56.1 Å². The van der Waals surface area contributed by atoms with Crippen LogP contribution in [-0.2, 0) is 14.4 Å². The van der Waals surface area contributed by atoms with Crippen LogP contribution in [0.5, 0.6) is 0 Å². The first-order valence-corrected chi connectivity index (χ1v) is 12.0. The molecule has 4 N–H and O–H groups in total. The minimum absolute atomic E-state index is 0.00620. The first-order chi connectivity index (χ1) is 15.6. The van der Waals surface area contributed by atoms with E-state index in [-0.39, 0.29) is 18.0 Å². The van der Waals surface area contributed by atoms with Gasteiger partial charge in [0.2, 0.25) is 0 Å². The minimum Gasteiger partial charge on any atom is -0.384 e. The molecule has 8 heteroatoms. The Morgan fingerprint density at radius 2 is 2.12 bits per heavy atom. The third-order valence-electron chi connectivity index (χ3n) is 6.53. The van der Waals surface area contributed by atoms with Gasteiger partial charge in [-0.1, -0.05) is 12.1 Å². The summed E-state index contributed by atoms with van der Waals surface area (Å²) in [5, 5.41) is 15.8. The van der Waals surface area contributed by atoms with Gasteiger partial charge in [0.25, 0.3) is 5.91 Å². The van der Waals surface area contributed by atoms with Crippen molar-refractivity contribution in [3.05, 3.63) is 29.3 Å². The molecule has 4 rings (SSSR count). The van der Waals surface area contributed by atoms with Crippen molar-refractivity contribution in [2.75, 3.05) is 45.2 Å². The molecule has 3 fully saturated rings. The van der Waals surface area contributed by atoms with Gasteiger partial charge in [-0.2, -0.15) is 0 Å². The molecule has 3 aliphatic rings. The van der Waals surface area contributed by atoms with E-state index in [0.29, 0.717) is 24.8 Å². The molecule has 0 bridgehead atoms. The highest BCUT2D eigenvalue weighted by Gasteiger charge is 2.41. The number of nitrogens with one attached hydrogen (secondary N) is 4. The van der Waals surface area contributed by atoms with Crippen LogP contribution in [0.15, 0.2) is 18.2 Å². The molecule has 1 aromatic rings. The second-order valence-corrected chi connectivity index (χ2v) is 9.09. The first kappa shape index (κ1) is 23.2. The first-order valence-electron chi connectivity index (χ1n) is 12.0. The molecule has 1 aromatic carbocycles. The van der Waals surface area contributed by atoms with Crippen LogP contribution in [0.25, 0.3) is 0 Å². The van der Waals surface area contributed by atoms with Crippen LogP contribution in [0.4, 0.5) is 5.69 Å². The quantitative estimate of drug-likeness (QED) is 0.225. The van der Waals surface area contributed by atoms with E-state index in [9.17, 15) is 4.79 Å². The van der Waals surface area contributed by atoms with Gasteiger partial charge in [-0.05, 0) is 56.6 Å². The maximum atomic E-state index is 13.3. The van der Waals surface area contributed by atoms with Crippen molar-refractivity contribution in [2.45, 2.75) is 63.1 Å². The number of hydrogen-bond donors (Lipinski definition) is 4. The standard InChI is InChI=1S/C24H37N5O3/c1-16(29(19-7-8-19)24(30)22-15-26-12-13-32-22)23(25)20-9-6-18(17-4-5-17)14-21(20)27-10-3-11-28-31-2/h6,9,14,16-17,19,22,25-28H,3-5,7-8,10-13,15H2,1-2H3/t16-,22-/m1/s1. The molecule has 8 nitrogen and oxygen atoms in total. The fraction of sp³-hybridized carbons (Fsp3) is 0.667. The number of anilines is 1. The highest BCUT2D eigenvalue weighted by atomic mass is 16.6. The Bertz CT molecular complexity index is 803. The summed E-state index contributed by atoms with van der Waals surface area (Å²) in [4.78, 5) is 20.1. The maximum Gasteiger partial charge on any atom is 0.253 e. The molecule has 1 saturated heterocycles. The maximum absolute atomic E-state index is 13.3. The van der Waals surface area contributed by atoms with E-state index >= 15 is 0 Å². The Morgan fingerprint density at radius 3 is 2.78 bits per heavy atom. The topological polar surface area (TPSA) is 98.7 Å². The van der Waals surface area contributed by atoms with Crippen LogP contribution in [0, 0.1) is 5.41 Å². The molecule has 32 heavy (non-hydrogen) atoms. The summed E-state index contributed by atoms with van der Waals surface area (Å²) < 4.78 is 5.74. The second kappa shape index (κ2) is 10.7. The SMILES string of the molecule is CONCCCNc1cc(C2CC2)ccc1C(=N)[C@@H](C)N(C(=O)[C@H]1CNCCO1)C1CC1. The van der Waals surface area contributed by atoms with Gasteiger partial charge in [0.05, 0.1) is 25.5 Å². The van der Waals surface area contributed by atoms with Gasteiger partial charge in [0, 0.05) is 43.5 Å². The summed E-state index contributed by atoms with van der Waals surface area (Å²) >= 11 is 0. The Hall–Kier alpha value is -2.00. The molecule has 1 amide bonds. The van der Waals surface area contributed by atoms with Gasteiger partial charge in [0.15, 0.2) is 0 Å². The van der Waals surface area contributed by atoms with E-state index in [1.807, 2.05) is 11.8 Å². The fourth-order valence-electron chi connectivity index (χ4n) is 4.39. The fourth-order valence-corrected chi connectivity index (χ4v) is 4.39. The molecule has 2 aliphatic carbocycles. The van der Waals surface area contributed by atoms with E-state index in [1.165, 1.54) is 18.4 Å². The molecule has 2 saturated carbocycles.